The highest BCUT2D eigenvalue weighted by molar-refractivity contribution is 6.38. The van der Waals surface area contributed by atoms with Crippen LogP contribution in [0, 0.1) is 41.5 Å². The molecule has 5 nitrogen and oxygen atoms in total. The number of nitrogens with two attached hydrogens (primary N) is 1. The van der Waals surface area contributed by atoms with Gasteiger partial charge in [-0.25, -0.2) is 20.0 Å². The second-order valence-electron chi connectivity index (χ2n) is 13.4. The average molecular weight is 636 g/mol. The summed E-state index contributed by atoms with van der Waals surface area (Å²) in [6, 6.07) is 16.9. The van der Waals surface area contributed by atoms with Crippen molar-refractivity contribution in [2.24, 2.45) is 20.0 Å². The Bertz CT molecular complexity index is 2300. The molecular weight excluding hydrogens is 599 g/mol. The minimum absolute atomic E-state index is 0.708. The van der Waals surface area contributed by atoms with E-state index < -0.39 is 0 Å². The molecule has 0 unspecified atom stereocenters. The van der Waals surface area contributed by atoms with Crippen LogP contribution in [0.15, 0.2) is 146 Å². The number of anilines is 1. The molecule has 5 heterocycles. The second-order valence-corrected chi connectivity index (χ2v) is 13.4. The second kappa shape index (κ2) is 11.6. The largest absolute Gasteiger partial charge is 0.399 e. The molecule has 8 bridgehead atoms. The molecule has 0 radical (unpaired) electrons. The van der Waals surface area contributed by atoms with Gasteiger partial charge in [0.1, 0.15) is 0 Å². The van der Waals surface area contributed by atoms with E-state index in [9.17, 15) is 0 Å². The third kappa shape index (κ3) is 5.38. The van der Waals surface area contributed by atoms with Gasteiger partial charge in [0.25, 0.3) is 0 Å². The van der Waals surface area contributed by atoms with Crippen molar-refractivity contribution in [3.63, 3.8) is 0 Å². The van der Waals surface area contributed by atoms with Gasteiger partial charge < -0.3 is 5.73 Å². The smallest absolute Gasteiger partial charge is 0.0738 e. The van der Waals surface area contributed by atoms with E-state index >= 15 is 0 Å². The third-order valence-corrected chi connectivity index (χ3v) is 9.49. The van der Waals surface area contributed by atoms with Gasteiger partial charge in [-0.2, -0.15) is 0 Å². The molecule has 3 aromatic carbocycles. The summed E-state index contributed by atoms with van der Waals surface area (Å²) >= 11 is 0. The van der Waals surface area contributed by atoms with E-state index in [1.54, 1.807) is 0 Å². The Morgan fingerprint density at radius 2 is 0.898 bits per heavy atom. The van der Waals surface area contributed by atoms with Gasteiger partial charge in [-0.05, 0) is 147 Å². The monoisotopic (exact) mass is 635 g/mol. The zero-order chi connectivity index (χ0) is 34.0. The molecular formula is C44H37N5. The van der Waals surface area contributed by atoms with Crippen molar-refractivity contribution >= 4 is 45.3 Å². The van der Waals surface area contributed by atoms with Crippen LogP contribution in [0.2, 0.25) is 0 Å². The van der Waals surface area contributed by atoms with Crippen LogP contribution in [-0.2, 0) is 0 Å². The van der Waals surface area contributed by atoms with Crippen LogP contribution in [0.4, 0.5) is 5.69 Å². The molecule has 238 valence electrons. The van der Waals surface area contributed by atoms with Crippen molar-refractivity contribution in [3.8, 4) is 0 Å². The van der Waals surface area contributed by atoms with Gasteiger partial charge >= 0.3 is 0 Å². The molecule has 0 atom stereocenters. The average Bonchev–Trinajstić information content (AvgIpc) is 3.87. The normalized spacial score (nSPS) is 17.7. The van der Waals surface area contributed by atoms with Gasteiger partial charge in [-0.1, -0.05) is 47.5 Å². The molecule has 0 aliphatic carbocycles. The summed E-state index contributed by atoms with van der Waals surface area (Å²) in [7, 11) is 0. The van der Waals surface area contributed by atoms with Crippen LogP contribution in [0.5, 0.6) is 0 Å². The lowest BCUT2D eigenvalue weighted by atomic mass is 9.90. The predicted octanol–water partition coefficient (Wildman–Crippen LogP) is 9.59. The van der Waals surface area contributed by atoms with Crippen molar-refractivity contribution in [2.45, 2.75) is 41.5 Å². The van der Waals surface area contributed by atoms with Gasteiger partial charge in [0.2, 0.25) is 0 Å². The first-order chi connectivity index (χ1) is 23.6. The fraction of sp³-hybridized carbons (Fsp3) is 0.136. The van der Waals surface area contributed by atoms with E-state index in [-0.39, 0.29) is 0 Å². The quantitative estimate of drug-likeness (QED) is 0.286. The molecule has 0 spiro atoms. The van der Waals surface area contributed by atoms with Gasteiger partial charge in [0.05, 0.1) is 45.6 Å². The van der Waals surface area contributed by atoms with E-state index in [1.807, 2.05) is 12.1 Å². The Labute approximate surface area is 287 Å². The Balaban J connectivity index is 1.45. The maximum atomic E-state index is 6.16. The minimum atomic E-state index is 0.708. The number of nitrogen functional groups attached to an aromatic ring is 1. The molecule has 5 aliphatic rings. The maximum absolute atomic E-state index is 6.16. The summed E-state index contributed by atoms with van der Waals surface area (Å²) in [5.41, 5.74) is 27.3. The highest BCUT2D eigenvalue weighted by atomic mass is 14.9. The zero-order valence-electron chi connectivity index (χ0n) is 28.7. The summed E-state index contributed by atoms with van der Waals surface area (Å²) in [5.74, 6) is 0. The van der Waals surface area contributed by atoms with Crippen molar-refractivity contribution in [1.82, 2.24) is 0 Å². The molecule has 0 saturated carbocycles. The lowest BCUT2D eigenvalue weighted by molar-refractivity contribution is 1.28. The van der Waals surface area contributed by atoms with Crippen molar-refractivity contribution in [1.29, 1.82) is 0 Å². The number of fused-ring (bicyclic) bond motifs is 4. The Morgan fingerprint density at radius 1 is 0.449 bits per heavy atom. The first kappa shape index (κ1) is 30.4. The number of hydrogen-bond acceptors (Lipinski definition) is 5. The summed E-state index contributed by atoms with van der Waals surface area (Å²) < 4.78 is 0. The van der Waals surface area contributed by atoms with Crippen molar-refractivity contribution < 1.29 is 0 Å². The van der Waals surface area contributed by atoms with Gasteiger partial charge in [-0.3, -0.25) is 0 Å². The molecule has 3 aromatic rings. The minimum Gasteiger partial charge on any atom is -0.399 e. The van der Waals surface area contributed by atoms with E-state index in [4.69, 9.17) is 25.7 Å². The lowest BCUT2D eigenvalue weighted by Crippen LogP contribution is -2.06. The number of benzene rings is 3. The molecule has 0 saturated heterocycles. The molecule has 0 aromatic heterocycles. The molecule has 2 N–H and O–H groups in total. The summed E-state index contributed by atoms with van der Waals surface area (Å²) in [6.07, 6.45) is 18.8. The van der Waals surface area contributed by atoms with Crippen LogP contribution < -0.4 is 5.73 Å². The van der Waals surface area contributed by atoms with Gasteiger partial charge in [-0.15, -0.1) is 0 Å². The summed E-state index contributed by atoms with van der Waals surface area (Å²) in [6.45, 7) is 13.0. The van der Waals surface area contributed by atoms with Gasteiger partial charge in [0, 0.05) is 22.4 Å². The SMILES string of the molecule is Cc1cc(C)c(C2=C3C=CC(=N3)C=C3C=CC(=N3)C(c3c(C)cc(C)cc3C)=C3C=CC(=N3)C(c3ccc(N)cc3)=C3C=CC2=N3)c(C)c1. The maximum Gasteiger partial charge on any atom is 0.0738 e. The Hall–Kier alpha value is -5.94. The van der Waals surface area contributed by atoms with Crippen LogP contribution in [-0.4, -0.2) is 22.8 Å². The molecule has 0 amide bonds. The van der Waals surface area contributed by atoms with E-state index in [0.29, 0.717) is 5.69 Å². The van der Waals surface area contributed by atoms with Crippen molar-refractivity contribution in [2.75, 3.05) is 5.73 Å². The Kier molecular flexibility index (Phi) is 7.22. The molecule has 8 rings (SSSR count). The first-order valence-corrected chi connectivity index (χ1v) is 16.7. The number of aryl methyl sites for hydroxylation is 6. The summed E-state index contributed by atoms with van der Waals surface area (Å²) in [5, 5.41) is 0. The van der Waals surface area contributed by atoms with Crippen molar-refractivity contribution in [3.05, 3.63) is 176 Å². The molecule has 5 aliphatic heterocycles. The predicted molar refractivity (Wildman–Crippen MR) is 207 cm³/mol. The summed E-state index contributed by atoms with van der Waals surface area (Å²) in [4.78, 5) is 21.1. The molecule has 0 fully saturated rings. The molecule has 5 heteroatoms. The number of aliphatic imine (C=N–C) groups is 4. The standard InChI is InChI=1S/C44H37N5/c1-24-19-26(3)40(27(4)20-24)43-36-13-11-32(46-36)23-33-12-14-37(47-33)44(41-28(5)21-25(2)22-29(41)6)39-18-16-35(49-39)42(34-15-17-38(43)48-34)30-7-9-31(45)10-8-30/h7-23H,45H2,1-6H3. The fourth-order valence-corrected chi connectivity index (χ4v) is 7.63. The van der Waals surface area contributed by atoms with Crippen LogP contribution in [0.25, 0.3) is 16.7 Å². The lowest BCUT2D eigenvalue weighted by Gasteiger charge is -2.16. The number of nitrogens with zero attached hydrogens (tertiary/aromatic N) is 4. The molecule has 49 heavy (non-hydrogen) atoms. The number of hydrogen-bond donors (Lipinski definition) is 1. The fourth-order valence-electron chi connectivity index (χ4n) is 7.63. The number of rotatable bonds is 3. The zero-order valence-corrected chi connectivity index (χ0v) is 28.7. The van der Waals surface area contributed by atoms with E-state index in [1.165, 1.54) is 33.4 Å². The number of allylic oxidation sites excluding steroid dienone is 12. The van der Waals surface area contributed by atoms with Crippen LogP contribution >= 0.6 is 0 Å². The third-order valence-electron chi connectivity index (χ3n) is 9.49. The van der Waals surface area contributed by atoms with Crippen LogP contribution in [0.3, 0.4) is 0 Å². The topological polar surface area (TPSA) is 75.5 Å². The Morgan fingerprint density at radius 3 is 1.47 bits per heavy atom. The highest BCUT2D eigenvalue weighted by Crippen LogP contribution is 2.39. The van der Waals surface area contributed by atoms with Gasteiger partial charge in [0.15, 0.2) is 0 Å². The van der Waals surface area contributed by atoms with E-state index in [2.05, 4.69) is 133 Å². The first-order valence-electron chi connectivity index (χ1n) is 16.7. The highest BCUT2D eigenvalue weighted by Gasteiger charge is 2.27. The van der Waals surface area contributed by atoms with Crippen LogP contribution in [0.1, 0.15) is 50.1 Å². The van der Waals surface area contributed by atoms with E-state index in [0.717, 1.165) is 79.0 Å².